The van der Waals surface area contributed by atoms with Crippen LogP contribution in [0.3, 0.4) is 0 Å². The number of guanidine groups is 1. The number of hydrogen-bond acceptors (Lipinski definition) is 7. The molecular formula is C17H21N5O4. The summed E-state index contributed by atoms with van der Waals surface area (Å²) in [6, 6.07) is 4.34. The van der Waals surface area contributed by atoms with Gasteiger partial charge in [0.15, 0.2) is 0 Å². The lowest BCUT2D eigenvalue weighted by Gasteiger charge is -2.32. The number of allylic oxidation sites excluding steroid dienone is 1. The number of hydrazine groups is 1. The number of ether oxygens (including phenoxy) is 2. The van der Waals surface area contributed by atoms with Crippen LogP contribution >= 0.6 is 0 Å². The minimum Gasteiger partial charge on any atom is -0.497 e. The number of nitrogens with zero attached hydrogens (tertiary/aromatic N) is 2. The van der Waals surface area contributed by atoms with E-state index in [1.54, 1.807) is 23.2 Å². The number of amides is 2. The molecule has 1 unspecified atom stereocenters. The normalized spacial score (nSPS) is 18.4. The van der Waals surface area contributed by atoms with Crippen molar-refractivity contribution in [1.29, 1.82) is 0 Å². The van der Waals surface area contributed by atoms with E-state index in [-0.39, 0.29) is 18.2 Å². The lowest BCUT2D eigenvalue weighted by molar-refractivity contribution is -0.129. The Kier molecular flexibility index (Phi) is 4.70. The molecule has 1 aromatic rings. The summed E-state index contributed by atoms with van der Waals surface area (Å²) in [5.74, 6) is 1.37. The van der Waals surface area contributed by atoms with Gasteiger partial charge in [-0.2, -0.15) is 4.99 Å². The first kappa shape index (κ1) is 17.6. The van der Waals surface area contributed by atoms with Crippen LogP contribution in [-0.2, 0) is 9.59 Å². The Morgan fingerprint density at radius 3 is 2.73 bits per heavy atom. The van der Waals surface area contributed by atoms with Gasteiger partial charge in [0.1, 0.15) is 23.4 Å². The molecule has 2 aliphatic heterocycles. The highest BCUT2D eigenvalue weighted by molar-refractivity contribution is 6.08. The van der Waals surface area contributed by atoms with Gasteiger partial charge in [-0.05, 0) is 31.6 Å². The highest BCUT2D eigenvalue weighted by atomic mass is 16.5. The summed E-state index contributed by atoms with van der Waals surface area (Å²) in [6.07, 6.45) is 0.000178. The van der Waals surface area contributed by atoms with Crippen molar-refractivity contribution in [3.05, 3.63) is 29.6 Å². The summed E-state index contributed by atoms with van der Waals surface area (Å²) >= 11 is 0. The fourth-order valence-electron chi connectivity index (χ4n) is 2.67. The number of benzene rings is 1. The molecule has 9 heteroatoms. The molecule has 0 aliphatic carbocycles. The molecule has 0 aromatic heterocycles. The van der Waals surface area contributed by atoms with Gasteiger partial charge in [-0.1, -0.05) is 0 Å². The molecule has 26 heavy (non-hydrogen) atoms. The molecule has 0 radical (unpaired) electrons. The predicted molar refractivity (Wildman–Crippen MR) is 95.5 cm³/mol. The van der Waals surface area contributed by atoms with Crippen molar-refractivity contribution in [2.24, 2.45) is 4.99 Å². The van der Waals surface area contributed by atoms with Crippen LogP contribution in [0.1, 0.15) is 20.3 Å². The fraction of sp³-hybridized carbons (Fsp3) is 0.353. The van der Waals surface area contributed by atoms with Gasteiger partial charge in [-0.3, -0.25) is 20.3 Å². The van der Waals surface area contributed by atoms with E-state index in [0.29, 0.717) is 29.0 Å². The van der Waals surface area contributed by atoms with Gasteiger partial charge in [0.2, 0.25) is 17.8 Å². The molecule has 2 aliphatic rings. The Balaban J connectivity index is 1.85. The lowest BCUT2D eigenvalue weighted by Crippen LogP contribution is -2.61. The highest BCUT2D eigenvalue weighted by Crippen LogP contribution is 2.29. The third kappa shape index (κ3) is 3.28. The number of carbonyl (C=O) groups excluding carboxylic acids is 2. The number of fused-ring (bicyclic) bond motifs is 1. The first-order valence-electron chi connectivity index (χ1n) is 8.07. The van der Waals surface area contributed by atoms with Gasteiger partial charge in [0, 0.05) is 6.07 Å². The maximum absolute atomic E-state index is 12.9. The van der Waals surface area contributed by atoms with Crippen LogP contribution in [-0.4, -0.2) is 43.0 Å². The molecular weight excluding hydrogens is 338 g/mol. The van der Waals surface area contributed by atoms with Crippen LogP contribution < -0.4 is 25.5 Å². The summed E-state index contributed by atoms with van der Waals surface area (Å²) in [6.45, 7) is 3.78. The fourth-order valence-corrected chi connectivity index (χ4v) is 2.67. The number of rotatable bonds is 4. The highest BCUT2D eigenvalue weighted by Gasteiger charge is 2.40. The Bertz CT molecular complexity index is 813. The molecule has 0 bridgehead atoms. The standard InChI is InChI=1S/C17H21N5O4/c1-9(2)15-20-17-19-14(23)8-12(22(17)21-15)16(24)18-11-7-10(25-3)5-6-13(11)26-4/h5-7,12,21H,8H2,1-4H3,(H,18,24)(H,19,20,23). The molecule has 9 nitrogen and oxygen atoms in total. The molecule has 3 N–H and O–H groups in total. The van der Waals surface area contributed by atoms with E-state index in [1.165, 1.54) is 14.2 Å². The van der Waals surface area contributed by atoms with Gasteiger partial charge in [0.25, 0.3) is 0 Å². The average Bonchev–Trinajstić information content (AvgIpc) is 3.05. The molecule has 0 saturated carbocycles. The second-order valence-corrected chi connectivity index (χ2v) is 6.09. The van der Waals surface area contributed by atoms with Crippen LogP contribution in [0.2, 0.25) is 0 Å². The van der Waals surface area contributed by atoms with Crippen molar-refractivity contribution >= 4 is 23.5 Å². The number of methoxy groups -OCH3 is 2. The lowest BCUT2D eigenvalue weighted by atomic mass is 10.1. The van der Waals surface area contributed by atoms with Crippen LogP contribution in [0, 0.1) is 0 Å². The maximum atomic E-state index is 12.9. The van der Waals surface area contributed by atoms with Gasteiger partial charge in [-0.15, -0.1) is 0 Å². The molecule has 3 rings (SSSR count). The largest absolute Gasteiger partial charge is 0.497 e. The van der Waals surface area contributed by atoms with Crippen LogP contribution in [0.5, 0.6) is 11.5 Å². The van der Waals surface area contributed by atoms with E-state index in [2.05, 4.69) is 21.1 Å². The SMILES string of the molecule is COc1ccc(OC)c(NC(=O)C2CC(=O)NC3=NC(=C(C)C)NN32)c1. The van der Waals surface area contributed by atoms with Gasteiger partial charge >= 0.3 is 0 Å². The number of anilines is 1. The zero-order valence-corrected chi connectivity index (χ0v) is 15.0. The predicted octanol–water partition coefficient (Wildman–Crippen LogP) is 0.958. The zero-order chi connectivity index (χ0) is 18.8. The van der Waals surface area contributed by atoms with Gasteiger partial charge in [0.05, 0.1) is 26.3 Å². The quantitative estimate of drug-likeness (QED) is 0.740. The topological polar surface area (TPSA) is 104 Å². The monoisotopic (exact) mass is 359 g/mol. The van der Waals surface area contributed by atoms with E-state index in [9.17, 15) is 9.59 Å². The first-order chi connectivity index (χ1) is 12.4. The second kappa shape index (κ2) is 6.95. The van der Waals surface area contributed by atoms with Crippen molar-refractivity contribution in [3.8, 4) is 11.5 Å². The van der Waals surface area contributed by atoms with E-state index in [1.807, 2.05) is 13.8 Å². The third-order valence-corrected chi connectivity index (χ3v) is 4.05. The Hall–Kier alpha value is -3.23. The van der Waals surface area contributed by atoms with E-state index >= 15 is 0 Å². The van der Waals surface area contributed by atoms with Crippen molar-refractivity contribution in [1.82, 2.24) is 15.8 Å². The Morgan fingerprint density at radius 2 is 2.08 bits per heavy atom. The minimum absolute atomic E-state index is 0.000178. The molecule has 138 valence electrons. The number of nitrogens with one attached hydrogen (secondary N) is 3. The molecule has 2 heterocycles. The Morgan fingerprint density at radius 1 is 1.31 bits per heavy atom. The second-order valence-electron chi connectivity index (χ2n) is 6.09. The number of aliphatic imine (C=N–C) groups is 1. The summed E-state index contributed by atoms with van der Waals surface area (Å²) in [5.41, 5.74) is 4.46. The summed E-state index contributed by atoms with van der Waals surface area (Å²) < 4.78 is 10.5. The maximum Gasteiger partial charge on any atom is 0.249 e. The Labute approximate surface area is 151 Å². The molecule has 1 aromatic carbocycles. The smallest absolute Gasteiger partial charge is 0.249 e. The minimum atomic E-state index is -0.754. The number of hydrogen-bond donors (Lipinski definition) is 3. The molecule has 1 fully saturated rings. The van der Waals surface area contributed by atoms with Gasteiger partial charge < -0.3 is 14.8 Å². The summed E-state index contributed by atoms with van der Waals surface area (Å²) in [5, 5.41) is 7.04. The average molecular weight is 359 g/mol. The molecule has 2 amide bonds. The van der Waals surface area contributed by atoms with E-state index < -0.39 is 6.04 Å². The number of carbonyl (C=O) groups is 2. The van der Waals surface area contributed by atoms with Gasteiger partial charge in [-0.25, -0.2) is 5.01 Å². The molecule has 1 atom stereocenters. The summed E-state index contributed by atoms with van der Waals surface area (Å²) in [7, 11) is 3.05. The van der Waals surface area contributed by atoms with Crippen molar-refractivity contribution in [3.63, 3.8) is 0 Å². The van der Waals surface area contributed by atoms with Crippen molar-refractivity contribution in [2.75, 3.05) is 19.5 Å². The first-order valence-corrected chi connectivity index (χ1v) is 8.07. The van der Waals surface area contributed by atoms with Crippen LogP contribution in [0.4, 0.5) is 5.69 Å². The van der Waals surface area contributed by atoms with E-state index in [0.717, 1.165) is 5.57 Å². The molecule has 1 saturated heterocycles. The third-order valence-electron chi connectivity index (χ3n) is 4.05. The summed E-state index contributed by atoms with van der Waals surface area (Å²) in [4.78, 5) is 29.2. The van der Waals surface area contributed by atoms with Crippen molar-refractivity contribution in [2.45, 2.75) is 26.3 Å². The molecule has 0 spiro atoms. The van der Waals surface area contributed by atoms with Crippen molar-refractivity contribution < 1.29 is 19.1 Å². The van der Waals surface area contributed by atoms with E-state index in [4.69, 9.17) is 9.47 Å². The zero-order valence-electron chi connectivity index (χ0n) is 15.0. The van der Waals surface area contributed by atoms with Crippen LogP contribution in [0.25, 0.3) is 0 Å². The van der Waals surface area contributed by atoms with Crippen LogP contribution in [0.15, 0.2) is 34.6 Å².